The summed E-state index contributed by atoms with van der Waals surface area (Å²) in [7, 11) is 0. The first-order valence-electron chi connectivity index (χ1n) is 11.4. The number of nitrogens with zero attached hydrogens (tertiary/aromatic N) is 3. The molecular weight excluding hydrogens is 553 g/mol. The number of morpholine rings is 1. The number of ether oxygens (including phenoxy) is 1. The zero-order valence-electron chi connectivity index (χ0n) is 19.6. The summed E-state index contributed by atoms with van der Waals surface area (Å²) in [6.45, 7) is 2.03. The summed E-state index contributed by atoms with van der Waals surface area (Å²) in [4.78, 5) is 30.3. The van der Waals surface area contributed by atoms with Gasteiger partial charge in [0.05, 0.1) is 28.2 Å². The number of fused-ring (bicyclic) bond motifs is 1. The Morgan fingerprint density at radius 1 is 1.05 bits per heavy atom. The smallest absolute Gasteiger partial charge is 0.293 e. The fourth-order valence-electron chi connectivity index (χ4n) is 3.98. The molecule has 0 unspecified atom stereocenters. The molecule has 194 valence electrons. The molecular formula is C25H19Cl2N5O5S. The minimum absolute atomic E-state index is 0.0162. The van der Waals surface area contributed by atoms with Crippen LogP contribution in [0.25, 0.3) is 22.6 Å². The van der Waals surface area contributed by atoms with E-state index >= 15 is 0 Å². The van der Waals surface area contributed by atoms with Crippen LogP contribution in [0.5, 0.6) is 0 Å². The molecule has 1 fully saturated rings. The Morgan fingerprint density at radius 3 is 2.58 bits per heavy atom. The van der Waals surface area contributed by atoms with Crippen molar-refractivity contribution in [1.29, 1.82) is 0 Å². The summed E-state index contributed by atoms with van der Waals surface area (Å²) in [5.74, 6) is -0.211. The van der Waals surface area contributed by atoms with Crippen molar-refractivity contribution >= 4 is 74.6 Å². The fraction of sp³-hybridized carbons (Fsp3) is 0.160. The lowest BCUT2D eigenvalue weighted by molar-refractivity contribution is -0.384. The Bertz CT molecular complexity index is 1570. The summed E-state index contributed by atoms with van der Waals surface area (Å²) in [6, 6.07) is 14.6. The number of nitrogens with one attached hydrogen (secondary N) is 2. The first-order valence-corrected chi connectivity index (χ1v) is 12.5. The van der Waals surface area contributed by atoms with Crippen LogP contribution in [0.2, 0.25) is 10.0 Å². The van der Waals surface area contributed by atoms with E-state index in [0.29, 0.717) is 70.3 Å². The zero-order valence-corrected chi connectivity index (χ0v) is 21.9. The number of carbonyl (C=O) groups is 1. The van der Waals surface area contributed by atoms with E-state index in [2.05, 4.69) is 15.6 Å². The van der Waals surface area contributed by atoms with E-state index in [1.807, 2.05) is 4.90 Å². The molecule has 1 aromatic heterocycles. The lowest BCUT2D eigenvalue weighted by Crippen LogP contribution is -2.37. The van der Waals surface area contributed by atoms with Crippen LogP contribution < -0.4 is 15.5 Å². The van der Waals surface area contributed by atoms with Crippen molar-refractivity contribution in [2.24, 2.45) is 0 Å². The van der Waals surface area contributed by atoms with Crippen molar-refractivity contribution in [1.82, 2.24) is 10.3 Å². The van der Waals surface area contributed by atoms with Gasteiger partial charge in [-0.3, -0.25) is 20.2 Å². The molecule has 1 saturated heterocycles. The van der Waals surface area contributed by atoms with Gasteiger partial charge in [0.15, 0.2) is 10.7 Å². The second kappa shape index (κ2) is 10.9. The molecule has 0 aliphatic carbocycles. The van der Waals surface area contributed by atoms with E-state index in [4.69, 9.17) is 44.6 Å². The number of nitro groups is 1. The van der Waals surface area contributed by atoms with Gasteiger partial charge in [-0.25, -0.2) is 4.98 Å². The van der Waals surface area contributed by atoms with Gasteiger partial charge >= 0.3 is 0 Å². The molecule has 0 radical (unpaired) electrons. The molecule has 2 heterocycles. The lowest BCUT2D eigenvalue weighted by Gasteiger charge is -2.28. The van der Waals surface area contributed by atoms with E-state index in [9.17, 15) is 14.9 Å². The fourth-order valence-corrected chi connectivity index (χ4v) is 4.49. The largest absolute Gasteiger partial charge is 0.436 e. The molecule has 3 aromatic carbocycles. The number of aromatic nitrogens is 1. The van der Waals surface area contributed by atoms with E-state index in [0.717, 1.165) is 0 Å². The number of nitro benzene ring substituents is 1. The number of thiocarbonyl (C=S) groups is 1. The Hall–Kier alpha value is -3.77. The van der Waals surface area contributed by atoms with Crippen molar-refractivity contribution < 1.29 is 18.9 Å². The predicted molar refractivity (Wildman–Crippen MR) is 149 cm³/mol. The second-order valence-electron chi connectivity index (χ2n) is 8.30. The minimum Gasteiger partial charge on any atom is -0.436 e. The number of amides is 1. The van der Waals surface area contributed by atoms with Gasteiger partial charge < -0.3 is 19.4 Å². The van der Waals surface area contributed by atoms with Crippen LogP contribution in [0.15, 0.2) is 59.0 Å². The number of anilines is 2. The normalized spacial score (nSPS) is 13.4. The Morgan fingerprint density at radius 2 is 1.84 bits per heavy atom. The highest BCUT2D eigenvalue weighted by molar-refractivity contribution is 7.80. The number of hydrogen-bond acceptors (Lipinski definition) is 8. The van der Waals surface area contributed by atoms with Gasteiger partial charge in [-0.2, -0.15) is 0 Å². The van der Waals surface area contributed by atoms with Gasteiger partial charge in [0.25, 0.3) is 11.6 Å². The molecule has 1 aliphatic rings. The van der Waals surface area contributed by atoms with Gasteiger partial charge in [-0.05, 0) is 60.7 Å². The second-order valence-corrected chi connectivity index (χ2v) is 9.52. The van der Waals surface area contributed by atoms with Gasteiger partial charge in [0.1, 0.15) is 11.2 Å². The maximum absolute atomic E-state index is 12.8. The monoisotopic (exact) mass is 571 g/mol. The zero-order chi connectivity index (χ0) is 26.8. The summed E-state index contributed by atoms with van der Waals surface area (Å²) < 4.78 is 11.1. The average molecular weight is 572 g/mol. The van der Waals surface area contributed by atoms with Crippen molar-refractivity contribution in [3.8, 4) is 11.5 Å². The predicted octanol–water partition coefficient (Wildman–Crippen LogP) is 5.67. The van der Waals surface area contributed by atoms with Crippen LogP contribution in [0.1, 0.15) is 10.4 Å². The van der Waals surface area contributed by atoms with Crippen molar-refractivity contribution in [2.45, 2.75) is 0 Å². The van der Waals surface area contributed by atoms with E-state index in [1.165, 1.54) is 12.1 Å². The third-order valence-corrected chi connectivity index (χ3v) is 6.77. The molecule has 0 atom stereocenters. The standard InChI is InChI=1S/C25H19Cl2N5O5S/c26-17-4-1-15(11-18(17)27)24-29-19-13-16(3-6-22(19)37-24)28-25(38)30-23(33)14-2-5-20(21(12-14)32(34)35)31-7-9-36-10-8-31/h1-6,11-13H,7-10H2,(H2,28,30,33,38). The summed E-state index contributed by atoms with van der Waals surface area (Å²) in [5, 5.41) is 18.0. The lowest BCUT2D eigenvalue weighted by atomic mass is 10.1. The van der Waals surface area contributed by atoms with E-state index < -0.39 is 10.8 Å². The number of rotatable bonds is 5. The number of halogens is 2. The van der Waals surface area contributed by atoms with Crippen LogP contribution in [0, 0.1) is 10.1 Å². The van der Waals surface area contributed by atoms with Crippen LogP contribution in [0.4, 0.5) is 17.1 Å². The van der Waals surface area contributed by atoms with E-state index in [1.54, 1.807) is 42.5 Å². The first-order chi connectivity index (χ1) is 18.3. The minimum atomic E-state index is -0.580. The Kier molecular flexibility index (Phi) is 7.43. The van der Waals surface area contributed by atoms with Crippen LogP contribution >= 0.6 is 35.4 Å². The van der Waals surface area contributed by atoms with Gasteiger partial charge in [0.2, 0.25) is 5.89 Å². The van der Waals surface area contributed by atoms with Crippen molar-refractivity contribution in [2.75, 3.05) is 36.5 Å². The highest BCUT2D eigenvalue weighted by Crippen LogP contribution is 2.32. The maximum Gasteiger partial charge on any atom is 0.293 e. The summed E-state index contributed by atoms with van der Waals surface area (Å²) in [6.07, 6.45) is 0. The highest BCUT2D eigenvalue weighted by atomic mass is 35.5. The molecule has 1 aliphatic heterocycles. The molecule has 5 rings (SSSR count). The third-order valence-electron chi connectivity index (χ3n) is 5.83. The van der Waals surface area contributed by atoms with Crippen molar-refractivity contribution in [3.63, 3.8) is 0 Å². The molecule has 10 nitrogen and oxygen atoms in total. The van der Waals surface area contributed by atoms with E-state index in [-0.39, 0.29) is 16.4 Å². The molecule has 4 aromatic rings. The van der Waals surface area contributed by atoms with Crippen LogP contribution in [-0.4, -0.2) is 47.2 Å². The summed E-state index contributed by atoms with van der Waals surface area (Å²) >= 11 is 17.4. The molecule has 0 bridgehead atoms. The van der Waals surface area contributed by atoms with Crippen molar-refractivity contribution in [3.05, 3.63) is 80.3 Å². The molecule has 1 amide bonds. The summed E-state index contributed by atoms with van der Waals surface area (Å²) in [5.41, 5.74) is 2.71. The van der Waals surface area contributed by atoms with Gasteiger partial charge in [-0.15, -0.1) is 0 Å². The maximum atomic E-state index is 12.8. The number of carbonyl (C=O) groups excluding carboxylic acids is 1. The molecule has 13 heteroatoms. The SMILES string of the molecule is O=C(NC(=S)Nc1ccc2oc(-c3ccc(Cl)c(Cl)c3)nc2c1)c1ccc(N2CCOCC2)c([N+](=O)[O-])c1. The molecule has 38 heavy (non-hydrogen) atoms. The Labute approximate surface area is 231 Å². The molecule has 0 saturated carbocycles. The van der Waals surface area contributed by atoms with Gasteiger partial charge in [0, 0.05) is 36.0 Å². The van der Waals surface area contributed by atoms with Crippen LogP contribution in [0.3, 0.4) is 0 Å². The number of benzene rings is 3. The average Bonchev–Trinajstić information content (AvgIpc) is 3.33. The number of hydrogen-bond donors (Lipinski definition) is 2. The molecule has 0 spiro atoms. The third kappa shape index (κ3) is 5.55. The topological polar surface area (TPSA) is 123 Å². The van der Waals surface area contributed by atoms with Gasteiger partial charge in [-0.1, -0.05) is 23.2 Å². The first kappa shape index (κ1) is 25.9. The van der Waals surface area contributed by atoms with Crippen LogP contribution in [-0.2, 0) is 4.74 Å². The Balaban J connectivity index is 1.28. The molecule has 2 N–H and O–H groups in total. The number of oxazole rings is 1. The quantitative estimate of drug-likeness (QED) is 0.177. The highest BCUT2D eigenvalue weighted by Gasteiger charge is 2.23.